The molecule has 0 spiro atoms. The Morgan fingerprint density at radius 2 is 1.46 bits per heavy atom. The molecule has 0 bridgehead atoms. The Labute approximate surface area is 138 Å². The van der Waals surface area contributed by atoms with Crippen LogP contribution < -0.4 is 0 Å². The molecule has 3 heteroatoms. The third kappa shape index (κ3) is 2.36. The van der Waals surface area contributed by atoms with Crippen LogP contribution in [0, 0.1) is 0 Å². The molecule has 0 aliphatic heterocycles. The number of hydrogen-bond acceptors (Lipinski definition) is 3. The van der Waals surface area contributed by atoms with Crippen LogP contribution in [0.3, 0.4) is 0 Å². The minimum absolute atomic E-state index is 0.126. The van der Waals surface area contributed by atoms with Crippen molar-refractivity contribution in [2.45, 2.75) is 0 Å². The van der Waals surface area contributed by atoms with E-state index in [0.29, 0.717) is 22.5 Å². The van der Waals surface area contributed by atoms with Crippen LogP contribution in [0.25, 0.3) is 22.3 Å². The highest BCUT2D eigenvalue weighted by atomic mass is 16.3. The zero-order valence-electron chi connectivity index (χ0n) is 12.8. The van der Waals surface area contributed by atoms with Crippen molar-refractivity contribution in [2.75, 3.05) is 0 Å². The van der Waals surface area contributed by atoms with Gasteiger partial charge in [0.1, 0.15) is 17.1 Å². The number of carbonyl (C=O) groups is 1. The predicted octanol–water partition coefficient (Wildman–Crippen LogP) is 5.04. The Morgan fingerprint density at radius 3 is 2.21 bits per heavy atom. The van der Waals surface area contributed by atoms with Gasteiger partial charge in [-0.05, 0) is 30.3 Å². The maximum absolute atomic E-state index is 13.1. The Morgan fingerprint density at radius 1 is 0.792 bits per heavy atom. The van der Waals surface area contributed by atoms with Crippen molar-refractivity contribution in [2.24, 2.45) is 0 Å². The van der Waals surface area contributed by atoms with E-state index in [-0.39, 0.29) is 11.5 Å². The first-order chi connectivity index (χ1) is 11.7. The predicted molar refractivity (Wildman–Crippen MR) is 93.2 cm³/mol. The molecule has 0 radical (unpaired) electrons. The first-order valence-electron chi connectivity index (χ1n) is 7.65. The second-order valence-corrected chi connectivity index (χ2v) is 5.54. The molecule has 1 aromatic heterocycles. The van der Waals surface area contributed by atoms with Crippen LogP contribution in [0.4, 0.5) is 0 Å². The fourth-order valence-electron chi connectivity index (χ4n) is 2.82. The molecule has 0 fully saturated rings. The van der Waals surface area contributed by atoms with Gasteiger partial charge in [0.25, 0.3) is 0 Å². The van der Waals surface area contributed by atoms with Crippen molar-refractivity contribution in [1.82, 2.24) is 0 Å². The van der Waals surface area contributed by atoms with Crippen molar-refractivity contribution in [3.05, 3.63) is 90.0 Å². The van der Waals surface area contributed by atoms with Crippen molar-refractivity contribution in [3.8, 4) is 17.1 Å². The molecular weight excluding hydrogens is 300 g/mol. The molecule has 3 nitrogen and oxygen atoms in total. The molecule has 0 atom stereocenters. The third-order valence-electron chi connectivity index (χ3n) is 3.99. The van der Waals surface area contributed by atoms with Gasteiger partial charge >= 0.3 is 0 Å². The highest BCUT2D eigenvalue weighted by Crippen LogP contribution is 2.35. The van der Waals surface area contributed by atoms with Gasteiger partial charge in [-0.3, -0.25) is 4.79 Å². The van der Waals surface area contributed by atoms with Crippen molar-refractivity contribution in [3.63, 3.8) is 0 Å². The van der Waals surface area contributed by atoms with E-state index in [9.17, 15) is 9.90 Å². The zero-order chi connectivity index (χ0) is 16.5. The lowest BCUT2D eigenvalue weighted by Crippen LogP contribution is -2.01. The van der Waals surface area contributed by atoms with E-state index in [1.54, 1.807) is 12.1 Å². The summed E-state index contributed by atoms with van der Waals surface area (Å²) in [6.45, 7) is 0. The number of furan rings is 1. The summed E-state index contributed by atoms with van der Waals surface area (Å²) >= 11 is 0. The number of phenols is 1. The molecule has 1 N–H and O–H groups in total. The first kappa shape index (κ1) is 14.3. The molecule has 116 valence electrons. The maximum Gasteiger partial charge on any atom is 0.197 e. The lowest BCUT2D eigenvalue weighted by molar-refractivity contribution is 0.104. The number of benzene rings is 3. The third-order valence-corrected chi connectivity index (χ3v) is 3.99. The lowest BCUT2D eigenvalue weighted by Gasteiger charge is -2.04. The minimum atomic E-state index is -0.126. The van der Waals surface area contributed by atoms with Gasteiger partial charge in [0.2, 0.25) is 0 Å². The van der Waals surface area contributed by atoms with Crippen LogP contribution in [0.1, 0.15) is 15.9 Å². The molecule has 0 unspecified atom stereocenters. The summed E-state index contributed by atoms with van der Waals surface area (Å²) in [5.74, 6) is 0.570. The number of para-hydroxylation sites is 1. The van der Waals surface area contributed by atoms with Gasteiger partial charge in [-0.25, -0.2) is 0 Å². The average Bonchev–Trinajstić information content (AvgIpc) is 3.02. The summed E-state index contributed by atoms with van der Waals surface area (Å²) in [6.07, 6.45) is 0. The molecule has 4 aromatic rings. The number of aromatic hydroxyl groups is 1. The number of carbonyl (C=O) groups excluding carboxylic acids is 1. The lowest BCUT2D eigenvalue weighted by atomic mass is 9.97. The summed E-state index contributed by atoms with van der Waals surface area (Å²) < 4.78 is 5.98. The van der Waals surface area contributed by atoms with Crippen LogP contribution in [-0.2, 0) is 0 Å². The van der Waals surface area contributed by atoms with E-state index in [1.165, 1.54) is 12.1 Å². The fraction of sp³-hybridized carbons (Fsp3) is 0. The molecule has 0 saturated carbocycles. The van der Waals surface area contributed by atoms with Gasteiger partial charge in [0.15, 0.2) is 5.78 Å². The number of ketones is 1. The van der Waals surface area contributed by atoms with Gasteiger partial charge in [0.05, 0.1) is 5.56 Å². The largest absolute Gasteiger partial charge is 0.508 e. The monoisotopic (exact) mass is 314 g/mol. The fourth-order valence-corrected chi connectivity index (χ4v) is 2.82. The minimum Gasteiger partial charge on any atom is -0.508 e. The highest BCUT2D eigenvalue weighted by Gasteiger charge is 2.22. The summed E-state index contributed by atoms with van der Waals surface area (Å²) in [5.41, 5.74) is 2.59. The van der Waals surface area contributed by atoms with Gasteiger partial charge in [-0.15, -0.1) is 0 Å². The Hall–Kier alpha value is -3.33. The second-order valence-electron chi connectivity index (χ2n) is 5.54. The number of fused-ring (bicyclic) bond motifs is 1. The van der Waals surface area contributed by atoms with Crippen LogP contribution in [0.15, 0.2) is 83.3 Å². The van der Waals surface area contributed by atoms with Gasteiger partial charge in [-0.2, -0.15) is 0 Å². The average molecular weight is 314 g/mol. The van der Waals surface area contributed by atoms with Crippen LogP contribution in [-0.4, -0.2) is 10.9 Å². The van der Waals surface area contributed by atoms with Crippen molar-refractivity contribution >= 4 is 16.8 Å². The summed E-state index contributed by atoms with van der Waals surface area (Å²) in [4.78, 5) is 13.1. The molecule has 1 heterocycles. The van der Waals surface area contributed by atoms with Gasteiger partial charge in [-0.1, -0.05) is 48.5 Å². The van der Waals surface area contributed by atoms with Gasteiger partial charge < -0.3 is 9.52 Å². The standard InChI is InChI=1S/C21H14O3/c22-16-12-10-14(11-13-16)20(23)19-17-8-4-5-9-18(17)24-21(19)15-6-2-1-3-7-15/h1-13,22H. The van der Waals surface area contributed by atoms with E-state index in [1.807, 2.05) is 54.6 Å². The number of hydrogen-bond donors (Lipinski definition) is 1. The van der Waals surface area contributed by atoms with Crippen LogP contribution >= 0.6 is 0 Å². The normalized spacial score (nSPS) is 10.8. The van der Waals surface area contributed by atoms with E-state index < -0.39 is 0 Å². The molecule has 24 heavy (non-hydrogen) atoms. The highest BCUT2D eigenvalue weighted by molar-refractivity contribution is 6.19. The molecule has 0 aliphatic rings. The summed E-state index contributed by atoms with van der Waals surface area (Å²) in [5, 5.41) is 10.2. The van der Waals surface area contributed by atoms with Crippen LogP contribution in [0.2, 0.25) is 0 Å². The molecule has 0 aliphatic carbocycles. The van der Waals surface area contributed by atoms with E-state index >= 15 is 0 Å². The van der Waals surface area contributed by atoms with Gasteiger partial charge in [0, 0.05) is 16.5 Å². The molecular formula is C21H14O3. The van der Waals surface area contributed by atoms with Crippen LogP contribution in [0.5, 0.6) is 5.75 Å². The molecule has 4 rings (SSSR count). The second kappa shape index (κ2) is 5.70. The van der Waals surface area contributed by atoms with Crippen molar-refractivity contribution in [1.29, 1.82) is 0 Å². The quantitative estimate of drug-likeness (QED) is 0.539. The molecule has 3 aromatic carbocycles. The van der Waals surface area contributed by atoms with E-state index in [2.05, 4.69) is 0 Å². The zero-order valence-corrected chi connectivity index (χ0v) is 12.8. The Bertz CT molecular complexity index is 1010. The topological polar surface area (TPSA) is 50.4 Å². The van der Waals surface area contributed by atoms with E-state index in [4.69, 9.17) is 4.42 Å². The first-order valence-corrected chi connectivity index (χ1v) is 7.65. The smallest absolute Gasteiger partial charge is 0.197 e. The SMILES string of the molecule is O=C(c1ccc(O)cc1)c1c(-c2ccccc2)oc2ccccc12. The number of rotatable bonds is 3. The molecule has 0 saturated heterocycles. The van der Waals surface area contributed by atoms with Crippen molar-refractivity contribution < 1.29 is 14.3 Å². The molecule has 0 amide bonds. The maximum atomic E-state index is 13.1. The summed E-state index contributed by atoms with van der Waals surface area (Å²) in [6, 6.07) is 23.4. The Balaban J connectivity index is 1.96. The number of phenolic OH excluding ortho intramolecular Hbond substituents is 1. The Kier molecular flexibility index (Phi) is 3.39. The summed E-state index contributed by atoms with van der Waals surface area (Å²) in [7, 11) is 0. The van der Waals surface area contributed by atoms with E-state index in [0.717, 1.165) is 10.9 Å².